The maximum atomic E-state index is 11.4. The van der Waals surface area contributed by atoms with Crippen molar-refractivity contribution in [2.75, 3.05) is 19.6 Å². The second-order valence-corrected chi connectivity index (χ2v) is 12.1. The first-order chi connectivity index (χ1) is 19.1. The summed E-state index contributed by atoms with van der Waals surface area (Å²) in [6, 6.07) is 16.8. The van der Waals surface area contributed by atoms with E-state index in [0.717, 1.165) is 39.8 Å². The predicted molar refractivity (Wildman–Crippen MR) is 180 cm³/mol. The molecule has 0 bridgehead atoms. The van der Waals surface area contributed by atoms with Crippen LogP contribution in [0.4, 0.5) is 0 Å². The van der Waals surface area contributed by atoms with Crippen LogP contribution in [0.5, 0.6) is 0 Å². The Morgan fingerprint density at radius 3 is 1.68 bits per heavy atom. The van der Waals surface area contributed by atoms with Gasteiger partial charge in [-0.25, -0.2) is 0 Å². The zero-order valence-electron chi connectivity index (χ0n) is 25.3. The molecule has 4 heteroatoms. The molecule has 0 aliphatic rings. The van der Waals surface area contributed by atoms with Gasteiger partial charge in [-0.3, -0.25) is 0 Å². The molecule has 0 saturated carbocycles. The van der Waals surface area contributed by atoms with Gasteiger partial charge in [0.1, 0.15) is 0 Å². The molecule has 0 fully saturated rings. The first kappa shape index (κ1) is 34.9. The summed E-state index contributed by atoms with van der Waals surface area (Å²) in [7, 11) is 0. The van der Waals surface area contributed by atoms with Crippen LogP contribution in [0.25, 0.3) is 21.5 Å². The van der Waals surface area contributed by atoms with Crippen molar-refractivity contribution in [1.29, 1.82) is 0 Å². The van der Waals surface area contributed by atoms with Crippen molar-refractivity contribution in [3.8, 4) is 0 Å². The van der Waals surface area contributed by atoms with Crippen LogP contribution < -0.4 is 0 Å². The molecule has 0 spiro atoms. The molecule has 3 rings (SSSR count). The van der Waals surface area contributed by atoms with Crippen molar-refractivity contribution in [2.45, 2.75) is 123 Å². The highest BCUT2D eigenvalue weighted by Gasteiger charge is 2.15. The Balaban J connectivity index is 0.00000560. The quantitative estimate of drug-likeness (QED) is 0.0988. The number of aliphatic hydroxyl groups is 1. The van der Waals surface area contributed by atoms with Crippen molar-refractivity contribution in [3.05, 3.63) is 59.1 Å². The summed E-state index contributed by atoms with van der Waals surface area (Å²) in [6.45, 7) is 7.46. The Hall–Kier alpha value is -1.32. The molecule has 0 aliphatic heterocycles. The molecule has 1 N–H and O–H groups in total. The number of unbranched alkanes of at least 4 members (excludes halogenated alkanes) is 14. The summed E-state index contributed by atoms with van der Waals surface area (Å²) in [5.41, 5.74) is 1.01. The number of hydrogen-bond acceptors (Lipinski definition) is 2. The first-order valence-electron chi connectivity index (χ1n) is 16.1. The van der Waals surface area contributed by atoms with E-state index in [4.69, 9.17) is 11.6 Å². The van der Waals surface area contributed by atoms with Gasteiger partial charge < -0.3 is 10.0 Å². The minimum absolute atomic E-state index is 0. The van der Waals surface area contributed by atoms with E-state index >= 15 is 0 Å². The van der Waals surface area contributed by atoms with Crippen LogP contribution in [0.2, 0.25) is 5.02 Å². The molecular weight excluding hydrogens is 533 g/mol. The molecule has 0 saturated heterocycles. The van der Waals surface area contributed by atoms with E-state index in [1.807, 2.05) is 12.1 Å². The lowest BCUT2D eigenvalue weighted by molar-refractivity contribution is 0.110. The maximum Gasteiger partial charge on any atom is 0.0917 e. The monoisotopic (exact) mass is 587 g/mol. The molecule has 224 valence electrons. The molecule has 3 aromatic carbocycles. The van der Waals surface area contributed by atoms with E-state index in [-0.39, 0.29) is 12.4 Å². The molecular formula is C36H55Cl2NO. The third-order valence-electron chi connectivity index (χ3n) is 8.31. The molecule has 0 heterocycles. The Labute approximate surface area is 256 Å². The van der Waals surface area contributed by atoms with Crippen LogP contribution in [0.1, 0.15) is 128 Å². The molecule has 3 aromatic rings. The summed E-state index contributed by atoms with van der Waals surface area (Å²) in [5.74, 6) is 0. The summed E-state index contributed by atoms with van der Waals surface area (Å²) in [4.78, 5) is 2.53. The number of aliphatic hydroxyl groups excluding tert-OH is 1. The third kappa shape index (κ3) is 11.9. The largest absolute Gasteiger partial charge is 0.387 e. The highest BCUT2D eigenvalue weighted by molar-refractivity contribution is 6.37. The summed E-state index contributed by atoms with van der Waals surface area (Å²) < 4.78 is 0. The minimum Gasteiger partial charge on any atom is -0.387 e. The second-order valence-electron chi connectivity index (χ2n) is 11.7. The zero-order valence-corrected chi connectivity index (χ0v) is 26.9. The van der Waals surface area contributed by atoms with Crippen LogP contribution in [0.3, 0.4) is 0 Å². The van der Waals surface area contributed by atoms with E-state index < -0.39 is 6.10 Å². The van der Waals surface area contributed by atoms with Crippen molar-refractivity contribution in [1.82, 2.24) is 4.90 Å². The fraction of sp³-hybridized carbons (Fsp3) is 0.611. The average Bonchev–Trinajstić information content (AvgIpc) is 2.95. The fourth-order valence-electron chi connectivity index (χ4n) is 5.86. The lowest BCUT2D eigenvalue weighted by Gasteiger charge is -2.26. The van der Waals surface area contributed by atoms with Crippen LogP contribution >= 0.6 is 24.0 Å². The highest BCUT2D eigenvalue weighted by Crippen LogP contribution is 2.33. The van der Waals surface area contributed by atoms with Gasteiger partial charge in [0.15, 0.2) is 0 Å². The number of benzene rings is 3. The van der Waals surface area contributed by atoms with Crippen LogP contribution in [-0.4, -0.2) is 29.6 Å². The van der Waals surface area contributed by atoms with E-state index in [1.54, 1.807) is 0 Å². The zero-order chi connectivity index (χ0) is 27.7. The predicted octanol–water partition coefficient (Wildman–Crippen LogP) is 11.7. The fourth-order valence-corrected chi connectivity index (χ4v) is 6.15. The van der Waals surface area contributed by atoms with E-state index in [1.165, 1.54) is 108 Å². The SMILES string of the molecule is CCCCCCCCCCN(CCCCCCCCCC)CC(O)c1ccc2cc(Cl)c3ccccc3c2c1.Cl. The van der Waals surface area contributed by atoms with Gasteiger partial charge in [0.2, 0.25) is 0 Å². The standard InChI is InChI=1S/C36H54ClNO.ClH/c1-3-5-7-9-11-13-15-19-25-38(26-20-16-14-12-10-8-6-4-2)29-36(39)31-24-23-30-28-35(37)33-22-18-17-21-32(33)34(30)27-31;/h17-18,21-24,27-28,36,39H,3-16,19-20,25-26,29H2,1-2H3;1H. The Bertz CT molecular complexity index is 1070. The van der Waals surface area contributed by atoms with Crippen molar-refractivity contribution < 1.29 is 5.11 Å². The molecule has 2 nitrogen and oxygen atoms in total. The molecule has 0 amide bonds. The normalized spacial score (nSPS) is 12.3. The summed E-state index contributed by atoms with van der Waals surface area (Å²) in [5, 5.41) is 16.7. The van der Waals surface area contributed by atoms with Gasteiger partial charge in [-0.05, 0) is 59.8 Å². The third-order valence-corrected chi connectivity index (χ3v) is 8.62. The van der Waals surface area contributed by atoms with Gasteiger partial charge in [0.25, 0.3) is 0 Å². The van der Waals surface area contributed by atoms with E-state index in [2.05, 4.69) is 55.1 Å². The lowest BCUT2D eigenvalue weighted by atomic mass is 9.98. The smallest absolute Gasteiger partial charge is 0.0917 e. The molecule has 40 heavy (non-hydrogen) atoms. The van der Waals surface area contributed by atoms with Crippen molar-refractivity contribution in [3.63, 3.8) is 0 Å². The van der Waals surface area contributed by atoms with Crippen molar-refractivity contribution in [2.24, 2.45) is 0 Å². The van der Waals surface area contributed by atoms with Gasteiger partial charge in [-0.2, -0.15) is 0 Å². The molecule has 0 aromatic heterocycles. The first-order valence-corrected chi connectivity index (χ1v) is 16.5. The maximum absolute atomic E-state index is 11.4. The number of fused-ring (bicyclic) bond motifs is 3. The number of halogens is 2. The second kappa shape index (κ2) is 20.5. The number of nitrogens with zero attached hydrogens (tertiary/aromatic N) is 1. The highest BCUT2D eigenvalue weighted by atomic mass is 35.5. The number of rotatable bonds is 21. The summed E-state index contributed by atoms with van der Waals surface area (Å²) in [6.07, 6.45) is 21.0. The van der Waals surface area contributed by atoms with E-state index in [9.17, 15) is 5.11 Å². The molecule has 1 unspecified atom stereocenters. The summed E-state index contributed by atoms with van der Waals surface area (Å²) >= 11 is 6.56. The Morgan fingerprint density at radius 1 is 0.625 bits per heavy atom. The number of hydrogen-bond donors (Lipinski definition) is 1. The van der Waals surface area contributed by atoms with Crippen LogP contribution in [0.15, 0.2) is 48.5 Å². The minimum atomic E-state index is -0.480. The van der Waals surface area contributed by atoms with Gasteiger partial charge in [-0.15, -0.1) is 12.4 Å². The van der Waals surface area contributed by atoms with Crippen LogP contribution in [-0.2, 0) is 0 Å². The van der Waals surface area contributed by atoms with Gasteiger partial charge in [0.05, 0.1) is 6.10 Å². The van der Waals surface area contributed by atoms with Gasteiger partial charge in [-0.1, -0.05) is 152 Å². The van der Waals surface area contributed by atoms with Crippen LogP contribution in [0, 0.1) is 0 Å². The Morgan fingerprint density at radius 2 is 1.12 bits per heavy atom. The van der Waals surface area contributed by atoms with Crippen molar-refractivity contribution >= 4 is 45.6 Å². The average molecular weight is 589 g/mol. The molecule has 0 aliphatic carbocycles. The molecule has 1 atom stereocenters. The van der Waals surface area contributed by atoms with Gasteiger partial charge >= 0.3 is 0 Å². The van der Waals surface area contributed by atoms with E-state index in [0.29, 0.717) is 6.54 Å². The lowest BCUT2D eigenvalue weighted by Crippen LogP contribution is -2.31. The topological polar surface area (TPSA) is 23.5 Å². The Kier molecular flexibility index (Phi) is 17.9. The van der Waals surface area contributed by atoms with Gasteiger partial charge in [0, 0.05) is 17.0 Å². The molecule has 0 radical (unpaired) electrons.